The van der Waals surface area contributed by atoms with Gasteiger partial charge in [-0.1, -0.05) is 35.3 Å². The molecule has 0 bridgehead atoms. The molecule has 1 fully saturated rings. The summed E-state index contributed by atoms with van der Waals surface area (Å²) in [6, 6.07) is 8.47. The van der Waals surface area contributed by atoms with Gasteiger partial charge in [0.05, 0.1) is 6.61 Å². The van der Waals surface area contributed by atoms with Crippen LogP contribution in [-0.4, -0.2) is 11.6 Å². The predicted molar refractivity (Wildman–Crippen MR) is 82.1 cm³/mol. The van der Waals surface area contributed by atoms with Crippen LogP contribution in [0.3, 0.4) is 0 Å². The lowest BCUT2D eigenvalue weighted by Gasteiger charge is -2.19. The Hall–Kier alpha value is -1.46. The molecule has 0 saturated heterocycles. The van der Waals surface area contributed by atoms with Crippen molar-refractivity contribution in [1.82, 2.24) is 4.98 Å². The Morgan fingerprint density at radius 2 is 1.74 bits per heavy atom. The zero-order chi connectivity index (χ0) is 16.7. The van der Waals surface area contributed by atoms with Gasteiger partial charge in [0.2, 0.25) is 0 Å². The minimum atomic E-state index is -4.61. The number of nitrogens with zero attached hydrogens (tertiary/aromatic N) is 1. The van der Waals surface area contributed by atoms with Crippen LogP contribution in [0.15, 0.2) is 36.5 Å². The highest BCUT2D eigenvalue weighted by Gasteiger charge is 2.46. The molecular weight excluding hydrogens is 350 g/mol. The lowest BCUT2D eigenvalue weighted by Crippen LogP contribution is -2.19. The summed E-state index contributed by atoms with van der Waals surface area (Å²) < 4.78 is 44.8. The second-order valence-electron chi connectivity index (χ2n) is 5.55. The number of hydrogen-bond acceptors (Lipinski definition) is 2. The standard InChI is InChI=1S/C16H12Cl2F3NO/c17-11-3-1-10(2-4-11)15(6-7-15)9-23-12-5-8-22-14(18)13(12)16(19,20)21/h1-5,8H,6-7,9H2. The number of halogens is 5. The maximum absolute atomic E-state index is 13.1. The number of alkyl halides is 3. The van der Waals surface area contributed by atoms with Gasteiger partial charge in [0.25, 0.3) is 0 Å². The summed E-state index contributed by atoms with van der Waals surface area (Å²) in [5.74, 6) is -0.294. The molecule has 3 rings (SSSR count). The Morgan fingerprint density at radius 3 is 2.30 bits per heavy atom. The molecule has 2 nitrogen and oxygen atoms in total. The molecule has 1 saturated carbocycles. The minimum absolute atomic E-state index is 0.151. The Morgan fingerprint density at radius 1 is 1.09 bits per heavy atom. The van der Waals surface area contributed by atoms with Gasteiger partial charge in [-0.3, -0.25) is 0 Å². The number of pyridine rings is 1. The van der Waals surface area contributed by atoms with E-state index in [0.717, 1.165) is 18.4 Å². The van der Waals surface area contributed by atoms with Crippen molar-refractivity contribution in [3.05, 3.63) is 57.8 Å². The molecule has 1 aliphatic carbocycles. The fourth-order valence-electron chi connectivity index (χ4n) is 2.48. The van der Waals surface area contributed by atoms with Crippen LogP contribution in [0.25, 0.3) is 0 Å². The van der Waals surface area contributed by atoms with Crippen molar-refractivity contribution >= 4 is 23.2 Å². The third kappa shape index (κ3) is 3.40. The molecule has 0 spiro atoms. The van der Waals surface area contributed by atoms with E-state index in [0.29, 0.717) is 5.02 Å². The van der Waals surface area contributed by atoms with Gasteiger partial charge in [-0.05, 0) is 36.6 Å². The Labute approximate surface area is 141 Å². The van der Waals surface area contributed by atoms with E-state index < -0.39 is 16.9 Å². The van der Waals surface area contributed by atoms with Gasteiger partial charge in [-0.2, -0.15) is 13.2 Å². The summed E-state index contributed by atoms with van der Waals surface area (Å²) in [5, 5.41) is 0.0112. The quantitative estimate of drug-likeness (QED) is 0.669. The van der Waals surface area contributed by atoms with E-state index in [9.17, 15) is 13.2 Å². The average Bonchev–Trinajstić information content (AvgIpc) is 3.25. The van der Waals surface area contributed by atoms with Crippen LogP contribution in [0.5, 0.6) is 5.75 Å². The van der Waals surface area contributed by atoms with Crippen LogP contribution in [0.1, 0.15) is 24.0 Å². The summed E-state index contributed by atoms with van der Waals surface area (Å²) in [7, 11) is 0. The van der Waals surface area contributed by atoms with E-state index in [-0.39, 0.29) is 17.8 Å². The maximum Gasteiger partial charge on any atom is 0.422 e. The van der Waals surface area contributed by atoms with E-state index in [4.69, 9.17) is 27.9 Å². The molecule has 0 N–H and O–H groups in total. The van der Waals surface area contributed by atoms with Crippen LogP contribution in [0.2, 0.25) is 10.2 Å². The molecule has 23 heavy (non-hydrogen) atoms. The second-order valence-corrected chi connectivity index (χ2v) is 6.34. The highest BCUT2D eigenvalue weighted by atomic mass is 35.5. The van der Waals surface area contributed by atoms with Gasteiger partial charge in [-0.25, -0.2) is 4.98 Å². The SMILES string of the molecule is FC(F)(F)c1c(OCC2(c3ccc(Cl)cc3)CC2)ccnc1Cl. The number of benzene rings is 1. The average molecular weight is 362 g/mol. The van der Waals surface area contributed by atoms with Crippen molar-refractivity contribution in [2.24, 2.45) is 0 Å². The van der Waals surface area contributed by atoms with E-state index in [1.54, 1.807) is 12.1 Å². The van der Waals surface area contributed by atoms with E-state index in [1.165, 1.54) is 12.3 Å². The Kier molecular flexibility index (Phi) is 4.19. The third-order valence-corrected chi connectivity index (χ3v) is 4.50. The molecule has 1 heterocycles. The van der Waals surface area contributed by atoms with Crippen LogP contribution in [-0.2, 0) is 11.6 Å². The van der Waals surface area contributed by atoms with Gasteiger partial charge < -0.3 is 4.74 Å². The molecule has 0 amide bonds. The number of aromatic nitrogens is 1. The van der Waals surface area contributed by atoms with E-state index in [2.05, 4.69) is 4.98 Å². The summed E-state index contributed by atoms with van der Waals surface area (Å²) in [6.45, 7) is 0.151. The summed E-state index contributed by atoms with van der Waals surface area (Å²) in [6.07, 6.45) is -1.70. The summed E-state index contributed by atoms with van der Waals surface area (Å²) in [5.41, 5.74) is -0.285. The monoisotopic (exact) mass is 361 g/mol. The first-order valence-corrected chi connectivity index (χ1v) is 7.68. The normalized spacial score (nSPS) is 16.2. The van der Waals surface area contributed by atoms with Gasteiger partial charge in [0, 0.05) is 16.6 Å². The molecule has 1 aliphatic rings. The maximum atomic E-state index is 13.1. The fourth-order valence-corrected chi connectivity index (χ4v) is 2.87. The van der Waals surface area contributed by atoms with Crippen LogP contribution in [0.4, 0.5) is 13.2 Å². The van der Waals surface area contributed by atoms with Crippen molar-refractivity contribution in [3.63, 3.8) is 0 Å². The first-order chi connectivity index (χ1) is 10.8. The number of ether oxygens (including phenoxy) is 1. The first-order valence-electron chi connectivity index (χ1n) is 6.92. The van der Waals surface area contributed by atoms with Gasteiger partial charge in [-0.15, -0.1) is 0 Å². The Balaban J connectivity index is 1.82. The van der Waals surface area contributed by atoms with Crippen molar-refractivity contribution in [1.29, 1.82) is 0 Å². The topological polar surface area (TPSA) is 22.1 Å². The third-order valence-electron chi connectivity index (χ3n) is 3.96. The van der Waals surface area contributed by atoms with Crippen molar-refractivity contribution in [2.45, 2.75) is 24.4 Å². The zero-order valence-corrected chi connectivity index (χ0v) is 13.3. The first kappa shape index (κ1) is 16.4. The highest BCUT2D eigenvalue weighted by molar-refractivity contribution is 6.30. The van der Waals surface area contributed by atoms with Crippen LogP contribution < -0.4 is 4.74 Å². The molecule has 0 aliphatic heterocycles. The van der Waals surface area contributed by atoms with Gasteiger partial charge in [0.15, 0.2) is 0 Å². The highest BCUT2D eigenvalue weighted by Crippen LogP contribution is 2.49. The molecule has 1 aromatic carbocycles. The van der Waals surface area contributed by atoms with Gasteiger partial charge >= 0.3 is 6.18 Å². The Bertz CT molecular complexity index is 712. The predicted octanol–water partition coefficient (Wildman–Crippen LogP) is 5.52. The molecule has 7 heteroatoms. The molecule has 1 aromatic heterocycles. The zero-order valence-electron chi connectivity index (χ0n) is 11.8. The van der Waals surface area contributed by atoms with Crippen molar-refractivity contribution < 1.29 is 17.9 Å². The second kappa shape index (κ2) is 5.87. The number of rotatable bonds is 4. The summed E-state index contributed by atoms with van der Waals surface area (Å²) in [4.78, 5) is 3.48. The van der Waals surface area contributed by atoms with E-state index in [1.807, 2.05) is 12.1 Å². The lowest BCUT2D eigenvalue weighted by atomic mass is 9.97. The minimum Gasteiger partial charge on any atom is -0.492 e. The van der Waals surface area contributed by atoms with Gasteiger partial charge in [0.1, 0.15) is 16.5 Å². The molecule has 2 aromatic rings. The number of hydrogen-bond donors (Lipinski definition) is 0. The fraction of sp³-hybridized carbons (Fsp3) is 0.312. The molecule has 122 valence electrons. The molecule has 0 atom stereocenters. The lowest BCUT2D eigenvalue weighted by molar-refractivity contribution is -0.139. The van der Waals surface area contributed by atoms with Crippen LogP contribution >= 0.6 is 23.2 Å². The smallest absolute Gasteiger partial charge is 0.422 e. The molecular formula is C16H12Cl2F3NO. The largest absolute Gasteiger partial charge is 0.492 e. The van der Waals surface area contributed by atoms with Crippen molar-refractivity contribution in [2.75, 3.05) is 6.61 Å². The van der Waals surface area contributed by atoms with Crippen LogP contribution in [0, 0.1) is 0 Å². The van der Waals surface area contributed by atoms with E-state index >= 15 is 0 Å². The summed E-state index contributed by atoms with van der Waals surface area (Å²) >= 11 is 11.5. The molecule has 0 radical (unpaired) electrons. The van der Waals surface area contributed by atoms with Crippen molar-refractivity contribution in [3.8, 4) is 5.75 Å². The molecule has 0 unspecified atom stereocenters.